The van der Waals surface area contributed by atoms with Gasteiger partial charge in [-0.05, 0) is 13.0 Å². The molecule has 0 aliphatic carbocycles. The maximum Gasteiger partial charge on any atom is 0.250 e. The molecule has 21 heavy (non-hydrogen) atoms. The molecule has 7 nitrogen and oxygen atoms in total. The number of carbonyl (C=O) groups is 1. The number of amides is 1. The van der Waals surface area contributed by atoms with E-state index < -0.39 is 0 Å². The summed E-state index contributed by atoms with van der Waals surface area (Å²) in [6.07, 6.45) is 1.55. The fourth-order valence-electron chi connectivity index (χ4n) is 1.79. The minimum absolute atomic E-state index is 0.0320. The van der Waals surface area contributed by atoms with E-state index in [2.05, 4.69) is 15.6 Å². The molecule has 0 spiro atoms. The van der Waals surface area contributed by atoms with Crippen LogP contribution in [0.25, 0.3) is 0 Å². The number of carbonyl (C=O) groups excluding carboxylic acids is 1. The van der Waals surface area contributed by atoms with Crippen LogP contribution in [0.15, 0.2) is 18.3 Å². The molecule has 1 aliphatic rings. The number of hydrogen-bond donors (Lipinski definition) is 2. The van der Waals surface area contributed by atoms with Gasteiger partial charge in [0, 0.05) is 26.3 Å². The van der Waals surface area contributed by atoms with E-state index in [1.165, 1.54) is 0 Å². The van der Waals surface area contributed by atoms with Gasteiger partial charge in [-0.2, -0.15) is 0 Å². The van der Waals surface area contributed by atoms with Crippen molar-refractivity contribution in [3.8, 4) is 5.88 Å². The van der Waals surface area contributed by atoms with E-state index in [-0.39, 0.29) is 18.1 Å². The Morgan fingerprint density at radius 1 is 1.43 bits per heavy atom. The first-order chi connectivity index (χ1) is 10.1. The molecule has 0 radical (unpaired) electrons. The Morgan fingerprint density at radius 2 is 2.24 bits per heavy atom. The number of pyridine rings is 1. The first-order valence-corrected chi connectivity index (χ1v) is 6.84. The summed E-state index contributed by atoms with van der Waals surface area (Å²) < 4.78 is 15.8. The van der Waals surface area contributed by atoms with Gasteiger partial charge in [0.15, 0.2) is 0 Å². The molecule has 1 aliphatic heterocycles. The van der Waals surface area contributed by atoms with E-state index >= 15 is 0 Å². The van der Waals surface area contributed by atoms with Gasteiger partial charge in [0.2, 0.25) is 11.8 Å². The zero-order chi connectivity index (χ0) is 15.1. The number of rotatable bonds is 8. The van der Waals surface area contributed by atoms with Gasteiger partial charge in [0.1, 0.15) is 13.2 Å². The van der Waals surface area contributed by atoms with Crippen molar-refractivity contribution in [2.24, 2.45) is 0 Å². The zero-order valence-electron chi connectivity index (χ0n) is 12.3. The van der Waals surface area contributed by atoms with E-state index in [1.807, 2.05) is 6.92 Å². The number of aromatic nitrogens is 1. The standard InChI is InChI=1S/C14H21N3O4/c1-14(9-15-10-14)21-8-12(18)17-11-3-4-13(16-7-11)20-6-5-19-2/h3-4,7,15H,5-6,8-10H2,1-2H3,(H,17,18). The van der Waals surface area contributed by atoms with Crippen LogP contribution in [0.1, 0.15) is 6.92 Å². The van der Waals surface area contributed by atoms with E-state index in [0.29, 0.717) is 24.8 Å². The summed E-state index contributed by atoms with van der Waals surface area (Å²) in [7, 11) is 1.61. The summed E-state index contributed by atoms with van der Waals surface area (Å²) in [6.45, 7) is 4.50. The summed E-state index contributed by atoms with van der Waals surface area (Å²) in [4.78, 5) is 15.9. The van der Waals surface area contributed by atoms with Crippen LogP contribution in [0.3, 0.4) is 0 Å². The second-order valence-corrected chi connectivity index (χ2v) is 5.12. The van der Waals surface area contributed by atoms with Crippen LogP contribution >= 0.6 is 0 Å². The van der Waals surface area contributed by atoms with E-state index in [9.17, 15) is 4.79 Å². The third-order valence-corrected chi connectivity index (χ3v) is 3.11. The third-order valence-electron chi connectivity index (χ3n) is 3.11. The Kier molecular flexibility index (Phi) is 5.49. The first kappa shape index (κ1) is 15.7. The number of nitrogens with one attached hydrogen (secondary N) is 2. The highest BCUT2D eigenvalue weighted by atomic mass is 16.5. The van der Waals surface area contributed by atoms with Gasteiger partial charge in [-0.1, -0.05) is 0 Å². The summed E-state index contributed by atoms with van der Waals surface area (Å²) in [6, 6.07) is 3.43. The van der Waals surface area contributed by atoms with Crippen LogP contribution in [0.4, 0.5) is 5.69 Å². The number of methoxy groups -OCH3 is 1. The Bertz CT molecular complexity index is 460. The van der Waals surface area contributed by atoms with Crippen molar-refractivity contribution in [1.82, 2.24) is 10.3 Å². The molecule has 1 saturated heterocycles. The van der Waals surface area contributed by atoms with Crippen LogP contribution < -0.4 is 15.4 Å². The van der Waals surface area contributed by atoms with Crippen molar-refractivity contribution < 1.29 is 19.0 Å². The highest BCUT2D eigenvalue weighted by molar-refractivity contribution is 5.91. The lowest BCUT2D eigenvalue weighted by Crippen LogP contribution is -2.59. The lowest BCUT2D eigenvalue weighted by Gasteiger charge is -2.38. The minimum Gasteiger partial charge on any atom is -0.475 e. The fraction of sp³-hybridized carbons (Fsp3) is 0.571. The smallest absolute Gasteiger partial charge is 0.250 e. The molecular formula is C14H21N3O4. The van der Waals surface area contributed by atoms with Crippen LogP contribution in [0.2, 0.25) is 0 Å². The SMILES string of the molecule is COCCOc1ccc(NC(=O)COC2(C)CNC2)cn1. The molecule has 1 aromatic heterocycles. The summed E-state index contributed by atoms with van der Waals surface area (Å²) in [5.74, 6) is 0.298. The van der Waals surface area contributed by atoms with Crippen molar-refractivity contribution in [3.05, 3.63) is 18.3 Å². The monoisotopic (exact) mass is 295 g/mol. The topological polar surface area (TPSA) is 81.7 Å². The molecule has 7 heteroatoms. The average Bonchev–Trinajstić information content (AvgIpc) is 2.45. The quantitative estimate of drug-likeness (QED) is 0.677. The molecule has 2 N–H and O–H groups in total. The molecular weight excluding hydrogens is 274 g/mol. The van der Waals surface area contributed by atoms with Gasteiger partial charge in [-0.15, -0.1) is 0 Å². The van der Waals surface area contributed by atoms with Gasteiger partial charge in [-0.25, -0.2) is 4.98 Å². The molecule has 1 aromatic rings. The average molecular weight is 295 g/mol. The predicted octanol–water partition coefficient (Wildman–Crippen LogP) is 0.424. The number of hydrogen-bond acceptors (Lipinski definition) is 6. The highest BCUT2D eigenvalue weighted by Crippen LogP contribution is 2.15. The fourth-order valence-corrected chi connectivity index (χ4v) is 1.79. The van der Waals surface area contributed by atoms with Crippen molar-refractivity contribution in [2.45, 2.75) is 12.5 Å². The molecule has 2 rings (SSSR count). The zero-order valence-corrected chi connectivity index (χ0v) is 12.3. The molecule has 1 amide bonds. The molecule has 1 fully saturated rings. The lowest BCUT2D eigenvalue weighted by molar-refractivity contribution is -0.130. The third kappa shape index (κ3) is 4.96. The predicted molar refractivity (Wildman–Crippen MR) is 77.5 cm³/mol. The molecule has 0 saturated carbocycles. The minimum atomic E-state index is -0.228. The van der Waals surface area contributed by atoms with Crippen molar-refractivity contribution in [2.75, 3.05) is 45.3 Å². The summed E-state index contributed by atoms with van der Waals surface area (Å²) >= 11 is 0. The van der Waals surface area contributed by atoms with Crippen LogP contribution in [0.5, 0.6) is 5.88 Å². The largest absolute Gasteiger partial charge is 0.475 e. The van der Waals surface area contributed by atoms with Crippen LogP contribution in [-0.2, 0) is 14.3 Å². The highest BCUT2D eigenvalue weighted by Gasteiger charge is 2.32. The molecule has 0 bridgehead atoms. The van der Waals surface area contributed by atoms with E-state index in [4.69, 9.17) is 14.2 Å². The number of anilines is 1. The normalized spacial score (nSPS) is 16.1. The molecule has 0 aromatic carbocycles. The van der Waals surface area contributed by atoms with E-state index in [0.717, 1.165) is 13.1 Å². The summed E-state index contributed by atoms with van der Waals surface area (Å²) in [5.41, 5.74) is 0.383. The Morgan fingerprint density at radius 3 is 2.81 bits per heavy atom. The molecule has 116 valence electrons. The second-order valence-electron chi connectivity index (χ2n) is 5.12. The van der Waals surface area contributed by atoms with Gasteiger partial charge < -0.3 is 24.8 Å². The maximum atomic E-state index is 11.8. The first-order valence-electron chi connectivity index (χ1n) is 6.84. The van der Waals surface area contributed by atoms with Crippen molar-refractivity contribution in [1.29, 1.82) is 0 Å². The van der Waals surface area contributed by atoms with Crippen molar-refractivity contribution >= 4 is 11.6 Å². The van der Waals surface area contributed by atoms with Gasteiger partial charge in [0.25, 0.3) is 0 Å². The number of ether oxygens (including phenoxy) is 3. The van der Waals surface area contributed by atoms with Gasteiger partial charge in [0.05, 0.1) is 24.1 Å². The Hall–Kier alpha value is -1.70. The maximum absolute atomic E-state index is 11.8. The number of nitrogens with zero attached hydrogens (tertiary/aromatic N) is 1. The Balaban J connectivity index is 1.73. The van der Waals surface area contributed by atoms with Crippen LogP contribution in [-0.4, -0.2) is 56.5 Å². The summed E-state index contributed by atoms with van der Waals surface area (Å²) in [5, 5.41) is 5.84. The van der Waals surface area contributed by atoms with Gasteiger partial charge >= 0.3 is 0 Å². The molecule has 2 heterocycles. The molecule has 0 unspecified atom stereocenters. The van der Waals surface area contributed by atoms with Gasteiger partial charge in [-0.3, -0.25) is 4.79 Å². The Labute approximate surface area is 124 Å². The second kappa shape index (κ2) is 7.35. The van der Waals surface area contributed by atoms with Crippen molar-refractivity contribution in [3.63, 3.8) is 0 Å². The lowest BCUT2D eigenvalue weighted by atomic mass is 10.0. The van der Waals surface area contributed by atoms with E-state index in [1.54, 1.807) is 25.4 Å². The molecule has 0 atom stereocenters. The van der Waals surface area contributed by atoms with Crippen LogP contribution in [0, 0.1) is 0 Å².